The first kappa shape index (κ1) is 19.5. The first-order valence-electron chi connectivity index (χ1n) is 10.2. The summed E-state index contributed by atoms with van der Waals surface area (Å²) < 4.78 is 0. The Morgan fingerprint density at radius 2 is 2.08 bits per heavy atom. The van der Waals surface area contributed by atoms with Crippen molar-refractivity contribution in [1.82, 2.24) is 15.5 Å². The number of thiophene rings is 1. The molecule has 26 heavy (non-hydrogen) atoms. The van der Waals surface area contributed by atoms with Crippen LogP contribution in [0, 0.1) is 5.92 Å². The molecule has 0 radical (unpaired) electrons. The van der Waals surface area contributed by atoms with Crippen molar-refractivity contribution in [3.63, 3.8) is 0 Å². The molecule has 0 saturated carbocycles. The van der Waals surface area contributed by atoms with E-state index in [9.17, 15) is 0 Å². The summed E-state index contributed by atoms with van der Waals surface area (Å²) in [6, 6.07) is 5.55. The van der Waals surface area contributed by atoms with Gasteiger partial charge < -0.3 is 20.4 Å². The third-order valence-corrected chi connectivity index (χ3v) is 6.65. The zero-order valence-electron chi connectivity index (χ0n) is 16.6. The van der Waals surface area contributed by atoms with E-state index < -0.39 is 0 Å². The van der Waals surface area contributed by atoms with Gasteiger partial charge in [-0.05, 0) is 69.5 Å². The molecule has 2 N–H and O–H groups in total. The minimum absolute atomic E-state index is 0.524. The van der Waals surface area contributed by atoms with Gasteiger partial charge in [-0.25, -0.2) is 0 Å². The molecule has 0 bridgehead atoms. The molecule has 2 fully saturated rings. The van der Waals surface area contributed by atoms with Crippen LogP contribution in [-0.2, 0) is 0 Å². The van der Waals surface area contributed by atoms with Crippen LogP contribution in [0.25, 0.3) is 0 Å². The highest BCUT2D eigenvalue weighted by Crippen LogP contribution is 2.24. The molecule has 2 aliphatic rings. The molecule has 3 heterocycles. The number of nitrogens with zero attached hydrogens (tertiary/aromatic N) is 3. The lowest BCUT2D eigenvalue weighted by molar-refractivity contribution is 0.141. The van der Waals surface area contributed by atoms with Crippen LogP contribution in [0.2, 0.25) is 0 Å². The average molecular weight is 378 g/mol. The number of anilines is 1. The SMILES string of the molecule is CN=C(NCC1CCCN(C(C)C)C1)NC1CCN(c2cccs2)CC1. The largest absolute Gasteiger partial charge is 0.363 e. The van der Waals surface area contributed by atoms with E-state index in [1.54, 1.807) is 0 Å². The Balaban J connectivity index is 1.40. The summed E-state index contributed by atoms with van der Waals surface area (Å²) in [5.41, 5.74) is 0. The van der Waals surface area contributed by atoms with Gasteiger partial charge in [-0.1, -0.05) is 0 Å². The molecule has 3 rings (SSSR count). The van der Waals surface area contributed by atoms with E-state index in [1.807, 2.05) is 18.4 Å². The number of hydrogen-bond acceptors (Lipinski definition) is 4. The summed E-state index contributed by atoms with van der Waals surface area (Å²) in [6.45, 7) is 10.3. The molecule has 0 aliphatic carbocycles. The van der Waals surface area contributed by atoms with Gasteiger partial charge in [0.1, 0.15) is 0 Å². The maximum atomic E-state index is 4.46. The number of hydrogen-bond donors (Lipinski definition) is 2. The number of nitrogens with one attached hydrogen (secondary N) is 2. The Morgan fingerprint density at radius 3 is 2.73 bits per heavy atom. The van der Waals surface area contributed by atoms with E-state index in [0.29, 0.717) is 12.1 Å². The monoisotopic (exact) mass is 377 g/mol. The molecule has 0 spiro atoms. The molecular weight excluding hydrogens is 342 g/mol. The van der Waals surface area contributed by atoms with Gasteiger partial charge in [0.05, 0.1) is 5.00 Å². The van der Waals surface area contributed by atoms with E-state index in [1.165, 1.54) is 43.8 Å². The Kier molecular flexibility index (Phi) is 7.20. The molecule has 1 aromatic rings. The number of rotatable bonds is 5. The molecule has 0 aromatic carbocycles. The lowest BCUT2D eigenvalue weighted by atomic mass is 9.97. The number of likely N-dealkylation sites (tertiary alicyclic amines) is 1. The van der Waals surface area contributed by atoms with E-state index >= 15 is 0 Å². The van der Waals surface area contributed by atoms with Crippen molar-refractivity contribution in [3.05, 3.63) is 17.5 Å². The van der Waals surface area contributed by atoms with Crippen molar-refractivity contribution in [2.45, 2.75) is 51.6 Å². The molecule has 5 nitrogen and oxygen atoms in total. The Labute approximate surface area is 162 Å². The third-order valence-electron chi connectivity index (χ3n) is 5.72. The number of piperidine rings is 2. The lowest BCUT2D eigenvalue weighted by Crippen LogP contribution is -2.50. The van der Waals surface area contributed by atoms with Gasteiger partial charge in [0, 0.05) is 45.3 Å². The van der Waals surface area contributed by atoms with Crippen LogP contribution < -0.4 is 15.5 Å². The summed E-state index contributed by atoms with van der Waals surface area (Å²) >= 11 is 1.84. The van der Waals surface area contributed by atoms with Crippen molar-refractivity contribution in [2.75, 3.05) is 44.7 Å². The van der Waals surface area contributed by atoms with Gasteiger partial charge >= 0.3 is 0 Å². The van der Waals surface area contributed by atoms with E-state index in [-0.39, 0.29) is 0 Å². The third kappa shape index (κ3) is 5.36. The standard InChI is InChI=1S/C20H35N5S/c1-16(2)25-10-4-6-17(15-25)14-22-20(21-3)23-18-8-11-24(12-9-18)19-7-5-13-26-19/h5,7,13,16-18H,4,6,8-12,14-15H2,1-3H3,(H2,21,22,23). The van der Waals surface area contributed by atoms with Gasteiger partial charge in [-0.2, -0.15) is 0 Å². The highest BCUT2D eigenvalue weighted by molar-refractivity contribution is 7.14. The summed E-state index contributed by atoms with van der Waals surface area (Å²) in [7, 11) is 1.89. The van der Waals surface area contributed by atoms with Gasteiger partial charge in [0.2, 0.25) is 0 Å². The zero-order chi connectivity index (χ0) is 18.4. The van der Waals surface area contributed by atoms with Crippen LogP contribution in [0.1, 0.15) is 39.5 Å². The predicted octanol–water partition coefficient (Wildman–Crippen LogP) is 3.00. The Bertz CT molecular complexity index is 549. The van der Waals surface area contributed by atoms with E-state index in [4.69, 9.17) is 0 Å². The van der Waals surface area contributed by atoms with Gasteiger partial charge in [0.15, 0.2) is 5.96 Å². The average Bonchev–Trinajstić information content (AvgIpc) is 3.20. The predicted molar refractivity (Wildman–Crippen MR) is 113 cm³/mol. The van der Waals surface area contributed by atoms with Crippen LogP contribution in [0.4, 0.5) is 5.00 Å². The second-order valence-electron chi connectivity index (χ2n) is 7.91. The summed E-state index contributed by atoms with van der Waals surface area (Å²) in [5.74, 6) is 1.70. The second kappa shape index (κ2) is 9.60. The molecule has 1 aromatic heterocycles. The fourth-order valence-electron chi connectivity index (χ4n) is 4.06. The quantitative estimate of drug-likeness (QED) is 0.611. The van der Waals surface area contributed by atoms with Crippen LogP contribution in [0.15, 0.2) is 22.5 Å². The van der Waals surface area contributed by atoms with Crippen molar-refractivity contribution >= 4 is 22.3 Å². The number of aliphatic imine (C=N–C) groups is 1. The van der Waals surface area contributed by atoms with Crippen LogP contribution in [0.5, 0.6) is 0 Å². The molecule has 2 saturated heterocycles. The summed E-state index contributed by atoms with van der Waals surface area (Å²) in [4.78, 5) is 9.56. The van der Waals surface area contributed by atoms with Crippen LogP contribution >= 0.6 is 11.3 Å². The minimum atomic E-state index is 0.524. The topological polar surface area (TPSA) is 42.9 Å². The molecule has 1 atom stereocenters. The maximum Gasteiger partial charge on any atom is 0.191 e. The first-order valence-corrected chi connectivity index (χ1v) is 11.0. The smallest absolute Gasteiger partial charge is 0.191 e. The van der Waals surface area contributed by atoms with Crippen molar-refractivity contribution in [3.8, 4) is 0 Å². The molecule has 6 heteroatoms. The van der Waals surface area contributed by atoms with Crippen molar-refractivity contribution < 1.29 is 0 Å². The Morgan fingerprint density at radius 1 is 1.27 bits per heavy atom. The van der Waals surface area contributed by atoms with E-state index in [2.05, 4.69) is 56.8 Å². The second-order valence-corrected chi connectivity index (χ2v) is 8.83. The molecular formula is C20H35N5S. The van der Waals surface area contributed by atoms with Crippen LogP contribution in [-0.4, -0.2) is 62.7 Å². The van der Waals surface area contributed by atoms with E-state index in [0.717, 1.165) is 31.5 Å². The van der Waals surface area contributed by atoms with Crippen LogP contribution in [0.3, 0.4) is 0 Å². The zero-order valence-corrected chi connectivity index (χ0v) is 17.4. The number of guanidine groups is 1. The minimum Gasteiger partial charge on any atom is -0.363 e. The highest BCUT2D eigenvalue weighted by atomic mass is 32.1. The summed E-state index contributed by atoms with van der Waals surface area (Å²) in [6.07, 6.45) is 4.98. The molecule has 2 aliphatic heterocycles. The van der Waals surface area contributed by atoms with Gasteiger partial charge in [-0.15, -0.1) is 11.3 Å². The summed E-state index contributed by atoms with van der Waals surface area (Å²) in [5, 5.41) is 10.8. The highest BCUT2D eigenvalue weighted by Gasteiger charge is 2.23. The normalized spacial score (nSPS) is 23.5. The van der Waals surface area contributed by atoms with Gasteiger partial charge in [-0.3, -0.25) is 4.99 Å². The molecule has 1 unspecified atom stereocenters. The first-order chi connectivity index (χ1) is 12.7. The fraction of sp³-hybridized carbons (Fsp3) is 0.750. The maximum absolute atomic E-state index is 4.46. The Hall–Kier alpha value is -1.27. The van der Waals surface area contributed by atoms with Crippen molar-refractivity contribution in [2.24, 2.45) is 10.9 Å². The fourth-order valence-corrected chi connectivity index (χ4v) is 4.84. The molecule has 146 valence electrons. The lowest BCUT2D eigenvalue weighted by Gasteiger charge is -2.36. The van der Waals surface area contributed by atoms with Gasteiger partial charge in [0.25, 0.3) is 0 Å². The molecule has 0 amide bonds. The van der Waals surface area contributed by atoms with Crippen molar-refractivity contribution in [1.29, 1.82) is 0 Å².